The Kier molecular flexibility index (Phi) is 38.7. The second-order valence-corrected chi connectivity index (χ2v) is 24.8. The molecule has 570 valence electrons. The van der Waals surface area contributed by atoms with Gasteiger partial charge in [0, 0.05) is 53.6 Å². The van der Waals surface area contributed by atoms with Gasteiger partial charge in [0.25, 0.3) is 0 Å². The molecule has 2 heterocycles. The summed E-state index contributed by atoms with van der Waals surface area (Å²) in [7, 11) is 0. The van der Waals surface area contributed by atoms with E-state index in [-0.39, 0.29) is 122 Å². The van der Waals surface area contributed by atoms with Crippen molar-refractivity contribution < 1.29 is 62.6 Å². The van der Waals surface area contributed by atoms with Crippen molar-refractivity contribution in [2.24, 2.45) is 51.6 Å². The van der Waals surface area contributed by atoms with Crippen LogP contribution < -0.4 is 115 Å². The molecule has 2 aromatic heterocycles. The van der Waals surface area contributed by atoms with Crippen LogP contribution in [0.5, 0.6) is 0 Å². The van der Waals surface area contributed by atoms with Gasteiger partial charge < -0.3 is 130 Å². The molecule has 103 heavy (non-hydrogen) atoms. The lowest BCUT2D eigenvalue weighted by Crippen LogP contribution is -2.61. The number of para-hydroxylation sites is 2. The maximum atomic E-state index is 14.8. The van der Waals surface area contributed by atoms with Crippen LogP contribution in [0.15, 0.2) is 60.9 Å². The Balaban J connectivity index is 1.59. The highest BCUT2D eigenvalue weighted by atomic mass is 16.4. The zero-order valence-corrected chi connectivity index (χ0v) is 58.2. The fraction of sp³-hybridized carbons (Fsp3) is 0.561. The third-order valence-electron chi connectivity index (χ3n) is 16.8. The number of nitrogens with two attached hydrogens (primary N) is 9. The van der Waals surface area contributed by atoms with Crippen LogP contribution in [-0.4, -0.2) is 218 Å². The van der Waals surface area contributed by atoms with Gasteiger partial charge in [-0.15, -0.1) is 0 Å². The Labute approximate surface area is 597 Å². The van der Waals surface area contributed by atoms with Crippen molar-refractivity contribution in [3.63, 3.8) is 0 Å². The molecule has 0 aliphatic carbocycles. The van der Waals surface area contributed by atoms with Crippen LogP contribution >= 0.6 is 0 Å². The van der Waals surface area contributed by atoms with Gasteiger partial charge in [0.1, 0.15) is 60.4 Å². The normalized spacial score (nSPS) is 14.1. The minimum absolute atomic E-state index is 0.0207. The molecule has 4 aromatic rings. The molecule has 37 heteroatoms. The van der Waals surface area contributed by atoms with E-state index < -0.39 is 144 Å². The summed E-state index contributed by atoms with van der Waals surface area (Å²) in [6.45, 7) is -0.774. The number of nitrogens with one attached hydrogen (secondary N) is 15. The molecule has 0 saturated heterocycles. The topological polar surface area (TPSA) is 659 Å². The standard InChI is InChI=1S/C66H108N24O13/c67-24-8-5-16-45(57(94)88-51(65(102)103)18-7-10-26-69)84-63(100)52(32-38-35-78-42-14-3-1-12-40(38)42)89-58(95)46(17-6-9-25-68)83-60(97)48(21-28-71)86-61(98)49(22-29-72)87-64(101)53(33-39-36-79-43-15-4-2-13-41(39)43)90-62(99)50(23-30-73)85-59(96)47(20-27-70)82-55(92)37-80-56(93)44(81-54(91)34-74)19-11-31-77-66(75)76/h1-4,12-15,35-36,44-53,78-79H,5-11,16-34,37,67-74H2,(H,80,93)(H,81,91)(H,82,92)(H,83,97)(H,84,100)(H,85,96)(H,86,98)(H,87,101)(H,88,94)(H,89,95)(H,90,99)(H,102,103)(H4,75,76,77)/t44-,45-,46-,47-,48-,49-,50-,51-,52-,53-/m0/s1. The van der Waals surface area contributed by atoms with Crippen molar-refractivity contribution in [1.82, 2.24) is 73.8 Å². The number of aromatic amines is 2. The number of amides is 11. The number of carboxylic acid groups (broad SMARTS) is 1. The van der Waals surface area contributed by atoms with Crippen molar-refractivity contribution in [2.45, 2.75) is 170 Å². The van der Waals surface area contributed by atoms with Gasteiger partial charge in [-0.2, -0.15) is 0 Å². The van der Waals surface area contributed by atoms with Gasteiger partial charge in [0.15, 0.2) is 5.96 Å². The van der Waals surface area contributed by atoms with E-state index in [2.05, 4.69) is 73.8 Å². The maximum Gasteiger partial charge on any atom is 0.326 e. The molecular weight excluding hydrogens is 1340 g/mol. The second kappa shape index (κ2) is 46.6. The number of rotatable bonds is 51. The van der Waals surface area contributed by atoms with Gasteiger partial charge in [-0.3, -0.25) is 58.1 Å². The number of aliphatic carboxylic acids is 1. The lowest BCUT2D eigenvalue weighted by Gasteiger charge is -2.28. The van der Waals surface area contributed by atoms with Crippen LogP contribution in [0, 0.1) is 5.41 Å². The van der Waals surface area contributed by atoms with E-state index in [0.717, 1.165) is 10.9 Å². The smallest absolute Gasteiger partial charge is 0.326 e. The predicted molar refractivity (Wildman–Crippen MR) is 386 cm³/mol. The predicted octanol–water partition coefficient (Wildman–Crippen LogP) is -6.51. The largest absolute Gasteiger partial charge is 0.480 e. The lowest BCUT2D eigenvalue weighted by atomic mass is 10.0. The number of fused-ring (bicyclic) bond motifs is 2. The van der Waals surface area contributed by atoms with Crippen LogP contribution in [0.25, 0.3) is 21.8 Å². The fourth-order valence-corrected chi connectivity index (χ4v) is 11.2. The lowest BCUT2D eigenvalue weighted by molar-refractivity contribution is -0.142. The summed E-state index contributed by atoms with van der Waals surface area (Å²) in [5.74, 6) is -10.8. The summed E-state index contributed by atoms with van der Waals surface area (Å²) >= 11 is 0. The zero-order chi connectivity index (χ0) is 75.8. The summed E-state index contributed by atoms with van der Waals surface area (Å²) in [5, 5.41) is 50.0. The van der Waals surface area contributed by atoms with E-state index in [1.807, 2.05) is 12.1 Å². The summed E-state index contributed by atoms with van der Waals surface area (Å²) in [5.41, 5.74) is 54.5. The molecular formula is C66H108N24O13. The molecule has 0 aliphatic heterocycles. The highest BCUT2D eigenvalue weighted by molar-refractivity contribution is 6.00. The third-order valence-corrected chi connectivity index (χ3v) is 16.8. The van der Waals surface area contributed by atoms with Crippen LogP contribution in [0.1, 0.15) is 107 Å². The molecule has 0 aliphatic rings. The first-order chi connectivity index (χ1) is 49.4. The number of hydrogen-bond acceptors (Lipinski definition) is 21. The van der Waals surface area contributed by atoms with Crippen molar-refractivity contribution in [1.29, 1.82) is 5.41 Å². The van der Waals surface area contributed by atoms with Gasteiger partial charge in [-0.05, 0) is 165 Å². The molecule has 37 nitrogen and oxygen atoms in total. The van der Waals surface area contributed by atoms with Crippen LogP contribution in [0.2, 0.25) is 0 Å². The summed E-state index contributed by atoms with van der Waals surface area (Å²) < 4.78 is 0. The SMILES string of the molecule is N=C(N)NCCC[C@H](NC(=O)CN)C(=O)NCC(=O)N[C@@H](CCN)C(=O)N[C@@H](CCN)C(=O)N[C@@H](Cc1c[nH]c2ccccc12)C(=O)N[C@@H](CCN)C(=O)N[C@@H](CCN)C(=O)N[C@@H](CCCCN)C(=O)N[C@@H](Cc1c[nH]c2ccccc12)C(=O)N[C@@H](CCCCN)C(=O)N[C@@H](CCCCN)C(=O)O. The van der Waals surface area contributed by atoms with Crippen LogP contribution in [0.4, 0.5) is 0 Å². The number of carboxylic acids is 1. The Hall–Kier alpha value is -9.89. The quantitative estimate of drug-likeness (QED) is 0.0111. The molecule has 0 unspecified atom stereocenters. The Morgan fingerprint density at radius 1 is 0.359 bits per heavy atom. The summed E-state index contributed by atoms with van der Waals surface area (Å²) in [4.78, 5) is 173. The number of benzene rings is 2. The molecule has 0 fully saturated rings. The molecule has 0 bridgehead atoms. The number of aromatic nitrogens is 2. The number of H-pyrrole nitrogens is 2. The average Bonchev–Trinajstić information content (AvgIpc) is 1.72. The number of carbonyl (C=O) groups excluding carboxylic acids is 11. The molecule has 0 spiro atoms. The minimum atomic E-state index is -1.50. The molecule has 34 N–H and O–H groups in total. The first-order valence-electron chi connectivity index (χ1n) is 34.8. The molecule has 0 saturated carbocycles. The fourth-order valence-electron chi connectivity index (χ4n) is 11.2. The van der Waals surface area contributed by atoms with Crippen LogP contribution in [0.3, 0.4) is 0 Å². The monoisotopic (exact) mass is 1440 g/mol. The zero-order valence-electron chi connectivity index (χ0n) is 58.2. The van der Waals surface area contributed by atoms with E-state index >= 15 is 0 Å². The van der Waals surface area contributed by atoms with E-state index in [1.165, 1.54) is 0 Å². The average molecular weight is 1450 g/mol. The van der Waals surface area contributed by atoms with E-state index in [4.69, 9.17) is 57.0 Å². The van der Waals surface area contributed by atoms with Crippen molar-refractivity contribution in [2.75, 3.05) is 65.4 Å². The van der Waals surface area contributed by atoms with E-state index in [0.29, 0.717) is 67.1 Å². The Bertz CT molecular complexity index is 3420. The molecule has 11 amide bonds. The molecule has 2 aromatic carbocycles. The molecule has 10 atom stereocenters. The van der Waals surface area contributed by atoms with E-state index in [9.17, 15) is 62.6 Å². The maximum absolute atomic E-state index is 14.8. The highest BCUT2D eigenvalue weighted by Crippen LogP contribution is 2.22. The van der Waals surface area contributed by atoms with Crippen molar-refractivity contribution in [3.8, 4) is 0 Å². The second-order valence-electron chi connectivity index (χ2n) is 24.8. The highest BCUT2D eigenvalue weighted by Gasteiger charge is 2.36. The van der Waals surface area contributed by atoms with E-state index in [1.54, 1.807) is 48.8 Å². The Morgan fingerprint density at radius 3 is 1.03 bits per heavy atom. The number of hydrogen-bond donors (Lipinski definition) is 25. The third kappa shape index (κ3) is 29.5. The molecule has 0 radical (unpaired) electrons. The molecule has 4 rings (SSSR count). The van der Waals surface area contributed by atoms with Gasteiger partial charge in [0.2, 0.25) is 65.0 Å². The summed E-state index contributed by atoms with van der Waals surface area (Å²) in [6, 6.07) is 0.580. The first-order valence-corrected chi connectivity index (χ1v) is 34.8. The van der Waals surface area contributed by atoms with Gasteiger partial charge >= 0.3 is 5.97 Å². The van der Waals surface area contributed by atoms with Gasteiger partial charge in [-0.25, -0.2) is 4.79 Å². The number of guanidine groups is 1. The first kappa shape index (κ1) is 85.5. The Morgan fingerprint density at radius 2 is 0.670 bits per heavy atom. The van der Waals surface area contributed by atoms with Gasteiger partial charge in [-0.1, -0.05) is 36.4 Å². The van der Waals surface area contributed by atoms with Crippen molar-refractivity contribution in [3.05, 3.63) is 72.1 Å². The van der Waals surface area contributed by atoms with Crippen molar-refractivity contribution >= 4 is 98.7 Å². The number of carbonyl (C=O) groups is 12. The minimum Gasteiger partial charge on any atom is -0.480 e. The number of unbranched alkanes of at least 4 members (excludes halogenated alkanes) is 3. The van der Waals surface area contributed by atoms with Gasteiger partial charge in [0.05, 0.1) is 13.1 Å². The summed E-state index contributed by atoms with van der Waals surface area (Å²) in [6.07, 6.45) is 5.11. The van der Waals surface area contributed by atoms with Crippen LogP contribution in [-0.2, 0) is 70.4 Å².